The molecule has 0 spiro atoms. The average molecular weight is 497 g/mol. The summed E-state index contributed by atoms with van der Waals surface area (Å²) in [6, 6.07) is 0. The lowest BCUT2D eigenvalue weighted by atomic mass is 9.91. The molecule has 1 aliphatic rings. The van der Waals surface area contributed by atoms with E-state index in [1.165, 1.54) is 50.5 Å². The molecule has 202 valence electrons. The van der Waals surface area contributed by atoms with Crippen LogP contribution in [-0.2, 0) is 23.9 Å². The Labute approximate surface area is 211 Å². The van der Waals surface area contributed by atoms with Crippen molar-refractivity contribution in [1.29, 1.82) is 0 Å². The van der Waals surface area contributed by atoms with Crippen LogP contribution in [0.5, 0.6) is 0 Å². The van der Waals surface area contributed by atoms with Gasteiger partial charge in [0.1, 0.15) is 12.7 Å². The Morgan fingerprint density at radius 3 is 2.09 bits per heavy atom. The quantitative estimate of drug-likeness (QED) is 0.158. The number of carbonyl (C=O) groups excluding carboxylic acids is 3. The third kappa shape index (κ3) is 13.2. The van der Waals surface area contributed by atoms with Crippen LogP contribution >= 0.6 is 0 Å². The fraction of sp³-hybridized carbons (Fsp3) is 0.821. The van der Waals surface area contributed by atoms with E-state index in [1.807, 2.05) is 6.08 Å². The van der Waals surface area contributed by atoms with Crippen molar-refractivity contribution >= 4 is 17.7 Å². The van der Waals surface area contributed by atoms with Crippen molar-refractivity contribution in [3.63, 3.8) is 0 Å². The van der Waals surface area contributed by atoms with Gasteiger partial charge in [-0.1, -0.05) is 84.3 Å². The molecule has 5 atom stereocenters. The van der Waals surface area contributed by atoms with Crippen LogP contribution in [0.3, 0.4) is 0 Å². The van der Waals surface area contributed by atoms with Crippen LogP contribution in [0.25, 0.3) is 0 Å². The van der Waals surface area contributed by atoms with E-state index in [-0.39, 0.29) is 6.42 Å². The zero-order chi connectivity index (χ0) is 26.4. The van der Waals surface area contributed by atoms with Gasteiger partial charge in [-0.15, -0.1) is 0 Å². The molecular weight excluding hydrogens is 448 g/mol. The first-order chi connectivity index (χ1) is 16.5. The lowest BCUT2D eigenvalue weighted by Crippen LogP contribution is -2.38. The van der Waals surface area contributed by atoms with E-state index in [2.05, 4.69) is 39.4 Å². The molecule has 0 bridgehead atoms. The largest absolute Gasteiger partial charge is 0.463 e. The number of cyclic esters (lactones) is 1. The molecule has 35 heavy (non-hydrogen) atoms. The normalized spacial score (nSPS) is 21.2. The Morgan fingerprint density at radius 1 is 0.971 bits per heavy atom. The molecular formula is C28H48O7. The average Bonchev–Trinajstić information content (AvgIpc) is 3.04. The minimum atomic E-state index is -1.88. The monoisotopic (exact) mass is 496 g/mol. The first kappa shape index (κ1) is 31.3. The number of hydrogen-bond donors (Lipinski definition) is 2. The van der Waals surface area contributed by atoms with Gasteiger partial charge in [0, 0.05) is 6.42 Å². The molecule has 2 N–H and O–H groups in total. The molecule has 0 radical (unpaired) electrons. The number of ketones is 1. The molecule has 7 nitrogen and oxygen atoms in total. The van der Waals surface area contributed by atoms with E-state index >= 15 is 0 Å². The minimum absolute atomic E-state index is 0.164. The summed E-state index contributed by atoms with van der Waals surface area (Å²) in [7, 11) is 0. The zero-order valence-corrected chi connectivity index (χ0v) is 22.5. The minimum Gasteiger partial charge on any atom is -0.463 e. The van der Waals surface area contributed by atoms with Crippen molar-refractivity contribution in [2.45, 2.75) is 124 Å². The van der Waals surface area contributed by atoms with Gasteiger partial charge in [0.05, 0.1) is 0 Å². The number of rotatable bonds is 18. The molecule has 1 saturated heterocycles. The summed E-state index contributed by atoms with van der Waals surface area (Å²) in [5.41, 5.74) is 1.25. The van der Waals surface area contributed by atoms with E-state index in [0.717, 1.165) is 30.6 Å². The standard InChI is InChI=1S/C28H48O7/c1-19(2)10-6-11-20(3)12-7-13-21(4)14-8-15-22(5)16-9-17-24(30)34-18-23(29)27-25(31)26(32)28(33)35-27/h16,19-21,23,26-27,29,32H,6-15,17-18H2,1-5H3. The summed E-state index contributed by atoms with van der Waals surface area (Å²) in [6.07, 6.45) is 9.24. The van der Waals surface area contributed by atoms with Gasteiger partial charge in [-0.05, 0) is 43.9 Å². The second-order valence-electron chi connectivity index (χ2n) is 10.9. The van der Waals surface area contributed by atoms with Gasteiger partial charge < -0.3 is 19.7 Å². The molecule has 0 saturated carbocycles. The van der Waals surface area contributed by atoms with Crippen LogP contribution in [0.15, 0.2) is 11.6 Å². The van der Waals surface area contributed by atoms with Crippen molar-refractivity contribution in [3.8, 4) is 0 Å². The molecule has 1 aliphatic heterocycles. The lowest BCUT2D eigenvalue weighted by Gasteiger charge is -2.15. The highest BCUT2D eigenvalue weighted by Gasteiger charge is 2.46. The summed E-state index contributed by atoms with van der Waals surface area (Å²) in [5, 5.41) is 19.2. The van der Waals surface area contributed by atoms with Crippen LogP contribution in [0, 0.1) is 17.8 Å². The second kappa shape index (κ2) is 16.9. The molecule has 0 aromatic rings. The van der Waals surface area contributed by atoms with E-state index in [4.69, 9.17) is 4.74 Å². The maximum atomic E-state index is 11.9. The van der Waals surface area contributed by atoms with Gasteiger partial charge in [-0.3, -0.25) is 9.59 Å². The van der Waals surface area contributed by atoms with E-state index in [9.17, 15) is 24.6 Å². The van der Waals surface area contributed by atoms with E-state index in [0.29, 0.717) is 6.42 Å². The SMILES string of the molecule is CC(=CCCC(=O)OCC(O)C1OC(=O)C(O)C1=O)CCCC(C)CCCC(C)CCCC(C)C. The Morgan fingerprint density at radius 2 is 1.54 bits per heavy atom. The third-order valence-electron chi connectivity index (χ3n) is 6.76. The Hall–Kier alpha value is -1.73. The number of carbonyl (C=O) groups is 3. The molecule has 0 aromatic heterocycles. The predicted octanol–water partition coefficient (Wildman–Crippen LogP) is 4.91. The predicted molar refractivity (Wildman–Crippen MR) is 136 cm³/mol. The summed E-state index contributed by atoms with van der Waals surface area (Å²) >= 11 is 0. The summed E-state index contributed by atoms with van der Waals surface area (Å²) < 4.78 is 9.58. The first-order valence-electron chi connectivity index (χ1n) is 13.4. The van der Waals surface area contributed by atoms with E-state index < -0.39 is 42.6 Å². The smallest absolute Gasteiger partial charge is 0.343 e. The van der Waals surface area contributed by atoms with Gasteiger partial charge in [0.15, 0.2) is 6.10 Å². The van der Waals surface area contributed by atoms with Crippen molar-refractivity contribution in [2.24, 2.45) is 17.8 Å². The number of allylic oxidation sites excluding steroid dienone is 2. The van der Waals surface area contributed by atoms with Crippen LogP contribution in [0.2, 0.25) is 0 Å². The molecule has 1 heterocycles. The van der Waals surface area contributed by atoms with Gasteiger partial charge >= 0.3 is 11.9 Å². The van der Waals surface area contributed by atoms with Gasteiger partial charge in [-0.2, -0.15) is 0 Å². The summed E-state index contributed by atoms with van der Waals surface area (Å²) in [5.74, 6) is -0.142. The number of Topliss-reactive ketones (excluding diaryl/α,β-unsaturated/α-hetero) is 1. The molecule has 0 aromatic carbocycles. The Balaban J connectivity index is 2.11. The van der Waals surface area contributed by atoms with Gasteiger partial charge in [0.25, 0.3) is 0 Å². The fourth-order valence-corrected chi connectivity index (χ4v) is 4.37. The van der Waals surface area contributed by atoms with Crippen molar-refractivity contribution in [2.75, 3.05) is 6.61 Å². The highest BCUT2D eigenvalue weighted by atomic mass is 16.6. The number of esters is 2. The zero-order valence-electron chi connectivity index (χ0n) is 22.5. The van der Waals surface area contributed by atoms with Crippen molar-refractivity contribution in [3.05, 3.63) is 11.6 Å². The van der Waals surface area contributed by atoms with Crippen molar-refractivity contribution < 1.29 is 34.1 Å². The summed E-state index contributed by atoms with van der Waals surface area (Å²) in [6.45, 7) is 10.9. The third-order valence-corrected chi connectivity index (χ3v) is 6.76. The lowest BCUT2D eigenvalue weighted by molar-refractivity contribution is -0.156. The topological polar surface area (TPSA) is 110 Å². The van der Waals surface area contributed by atoms with Crippen LogP contribution in [-0.4, -0.2) is 52.9 Å². The van der Waals surface area contributed by atoms with Crippen LogP contribution in [0.4, 0.5) is 0 Å². The Kier molecular flexibility index (Phi) is 15.1. The summed E-state index contributed by atoms with van der Waals surface area (Å²) in [4.78, 5) is 34.6. The highest BCUT2D eigenvalue weighted by Crippen LogP contribution is 2.22. The van der Waals surface area contributed by atoms with Crippen molar-refractivity contribution in [1.82, 2.24) is 0 Å². The first-order valence-corrected chi connectivity index (χ1v) is 13.4. The number of aliphatic hydroxyl groups is 2. The molecule has 7 heteroatoms. The van der Waals surface area contributed by atoms with Crippen LogP contribution < -0.4 is 0 Å². The molecule has 1 rings (SSSR count). The van der Waals surface area contributed by atoms with Crippen LogP contribution in [0.1, 0.15) is 105 Å². The molecule has 0 amide bonds. The highest BCUT2D eigenvalue weighted by molar-refractivity contribution is 6.09. The van der Waals surface area contributed by atoms with Gasteiger partial charge in [0.2, 0.25) is 11.9 Å². The van der Waals surface area contributed by atoms with Gasteiger partial charge in [-0.25, -0.2) is 4.79 Å². The number of hydrogen-bond acceptors (Lipinski definition) is 7. The number of aliphatic hydroxyl groups excluding tert-OH is 2. The molecule has 5 unspecified atom stereocenters. The molecule has 1 fully saturated rings. The number of ether oxygens (including phenoxy) is 2. The van der Waals surface area contributed by atoms with E-state index in [1.54, 1.807) is 0 Å². The fourth-order valence-electron chi connectivity index (χ4n) is 4.37. The maximum Gasteiger partial charge on any atom is 0.343 e. The second-order valence-corrected chi connectivity index (χ2v) is 10.9. The maximum absolute atomic E-state index is 11.9. The Bertz CT molecular complexity index is 685. The molecule has 0 aliphatic carbocycles.